The maximum Gasteiger partial charge on any atom is 0.252 e. The fraction of sp³-hybridized carbons (Fsp3) is 0.500. The lowest BCUT2D eigenvalue weighted by atomic mass is 9.92. The summed E-state index contributed by atoms with van der Waals surface area (Å²) in [6.07, 6.45) is 2.23. The van der Waals surface area contributed by atoms with Gasteiger partial charge in [0, 0.05) is 11.0 Å². The van der Waals surface area contributed by atoms with Crippen molar-refractivity contribution in [1.82, 2.24) is 5.32 Å². The third kappa shape index (κ3) is 3.64. The second-order valence-electron chi connectivity index (χ2n) is 5.89. The lowest BCUT2D eigenvalue weighted by Gasteiger charge is -2.20. The second-order valence-corrected chi connectivity index (χ2v) is 8.30. The smallest absolute Gasteiger partial charge is 0.252 e. The summed E-state index contributed by atoms with van der Waals surface area (Å²) in [6, 6.07) is 4.18. The van der Waals surface area contributed by atoms with Gasteiger partial charge in [-0.15, -0.1) is 0 Å². The van der Waals surface area contributed by atoms with Gasteiger partial charge < -0.3 is 5.32 Å². The van der Waals surface area contributed by atoms with Gasteiger partial charge in [0.2, 0.25) is 10.0 Å². The molecule has 0 atom stereocenters. The Hall–Kier alpha value is -0.920. The van der Waals surface area contributed by atoms with Crippen molar-refractivity contribution in [1.29, 1.82) is 0 Å². The Balaban J connectivity index is 2.16. The number of hydrogen-bond acceptors (Lipinski definition) is 3. The van der Waals surface area contributed by atoms with Crippen LogP contribution in [0.4, 0.5) is 0 Å². The molecule has 3 N–H and O–H groups in total. The first kappa shape index (κ1) is 16.5. The summed E-state index contributed by atoms with van der Waals surface area (Å²) in [5, 5.41) is 7.99. The molecule has 0 aliphatic heterocycles. The summed E-state index contributed by atoms with van der Waals surface area (Å²) in [4.78, 5) is 12.2. The van der Waals surface area contributed by atoms with Crippen LogP contribution in [0.5, 0.6) is 0 Å². The van der Waals surface area contributed by atoms with Gasteiger partial charge in [-0.25, -0.2) is 13.6 Å². The van der Waals surface area contributed by atoms with Crippen LogP contribution in [0.25, 0.3) is 0 Å². The first-order chi connectivity index (χ1) is 9.66. The molecule has 1 aliphatic carbocycles. The molecule has 0 heterocycles. The van der Waals surface area contributed by atoms with E-state index in [9.17, 15) is 13.2 Å². The van der Waals surface area contributed by atoms with E-state index >= 15 is 0 Å². The molecular weight excluding hydrogens is 356 g/mol. The van der Waals surface area contributed by atoms with Crippen LogP contribution >= 0.6 is 15.9 Å². The number of primary sulfonamides is 1. The predicted molar refractivity (Wildman–Crippen MR) is 84.4 cm³/mol. The number of carbonyl (C=O) groups is 1. The minimum absolute atomic E-state index is 0.0687. The van der Waals surface area contributed by atoms with Gasteiger partial charge in [0.25, 0.3) is 5.91 Å². The number of sulfonamides is 1. The number of nitrogens with one attached hydrogen (secondary N) is 1. The van der Waals surface area contributed by atoms with Crippen LogP contribution in [0, 0.1) is 11.3 Å². The van der Waals surface area contributed by atoms with Crippen LogP contribution in [0.2, 0.25) is 0 Å². The zero-order valence-electron chi connectivity index (χ0n) is 12.0. The summed E-state index contributed by atoms with van der Waals surface area (Å²) in [6.45, 7) is 4.91. The molecule has 1 saturated carbocycles. The SMILES string of the molecule is CC(C)C1(CNC(=O)c2cc(S(N)(=O)=O)ccc2Br)CC1. The van der Waals surface area contributed by atoms with E-state index in [2.05, 4.69) is 35.1 Å². The van der Waals surface area contributed by atoms with Crippen molar-refractivity contribution < 1.29 is 13.2 Å². The van der Waals surface area contributed by atoms with E-state index in [-0.39, 0.29) is 21.8 Å². The van der Waals surface area contributed by atoms with E-state index in [1.54, 1.807) is 0 Å². The van der Waals surface area contributed by atoms with Crippen LogP contribution in [0.3, 0.4) is 0 Å². The Bertz CT molecular complexity index is 667. The topological polar surface area (TPSA) is 89.3 Å². The predicted octanol–water partition coefficient (Wildman–Crippen LogP) is 2.26. The van der Waals surface area contributed by atoms with E-state index < -0.39 is 10.0 Å². The monoisotopic (exact) mass is 374 g/mol. The minimum Gasteiger partial charge on any atom is -0.351 e. The number of amides is 1. The van der Waals surface area contributed by atoms with E-state index in [4.69, 9.17) is 5.14 Å². The van der Waals surface area contributed by atoms with Crippen molar-refractivity contribution in [2.75, 3.05) is 6.54 Å². The molecule has 5 nitrogen and oxygen atoms in total. The van der Waals surface area contributed by atoms with Gasteiger partial charge in [-0.2, -0.15) is 0 Å². The van der Waals surface area contributed by atoms with Gasteiger partial charge in [0.1, 0.15) is 0 Å². The Kier molecular flexibility index (Phi) is 4.46. The first-order valence-corrected chi connectivity index (χ1v) is 9.10. The average Bonchev–Trinajstić information content (AvgIpc) is 3.16. The highest BCUT2D eigenvalue weighted by molar-refractivity contribution is 9.10. The number of benzene rings is 1. The number of rotatable bonds is 5. The summed E-state index contributed by atoms with van der Waals surface area (Å²) in [5.74, 6) is 0.219. The number of nitrogens with two attached hydrogens (primary N) is 1. The Morgan fingerprint density at radius 2 is 2.05 bits per heavy atom. The highest BCUT2D eigenvalue weighted by Crippen LogP contribution is 2.51. The molecule has 0 unspecified atom stereocenters. The van der Waals surface area contributed by atoms with Gasteiger partial charge in [-0.05, 0) is 58.3 Å². The van der Waals surface area contributed by atoms with Crippen molar-refractivity contribution >= 4 is 31.9 Å². The fourth-order valence-electron chi connectivity index (χ4n) is 2.33. The zero-order valence-corrected chi connectivity index (χ0v) is 14.4. The van der Waals surface area contributed by atoms with Crippen molar-refractivity contribution in [3.8, 4) is 0 Å². The molecule has 0 saturated heterocycles. The molecule has 0 radical (unpaired) electrons. The minimum atomic E-state index is -3.82. The summed E-state index contributed by atoms with van der Waals surface area (Å²) < 4.78 is 23.3. The molecule has 21 heavy (non-hydrogen) atoms. The molecule has 116 valence electrons. The molecule has 1 aromatic rings. The van der Waals surface area contributed by atoms with Crippen molar-refractivity contribution in [2.24, 2.45) is 16.5 Å². The van der Waals surface area contributed by atoms with Crippen LogP contribution in [0.1, 0.15) is 37.0 Å². The number of hydrogen-bond donors (Lipinski definition) is 2. The molecule has 1 aromatic carbocycles. The third-order valence-corrected chi connectivity index (χ3v) is 5.83. The molecule has 0 aromatic heterocycles. The molecule has 1 amide bonds. The van der Waals surface area contributed by atoms with Crippen molar-refractivity contribution in [3.05, 3.63) is 28.2 Å². The zero-order chi connectivity index (χ0) is 15.8. The molecule has 1 fully saturated rings. The van der Waals surface area contributed by atoms with Gasteiger partial charge >= 0.3 is 0 Å². The highest BCUT2D eigenvalue weighted by Gasteiger charge is 2.45. The Morgan fingerprint density at radius 1 is 1.43 bits per heavy atom. The standard InChI is InChI=1S/C14H19BrN2O3S/c1-9(2)14(5-6-14)8-17-13(18)11-7-10(21(16,19)20)3-4-12(11)15/h3-4,7,9H,5-6,8H2,1-2H3,(H,17,18)(H2,16,19,20). The summed E-state index contributed by atoms with van der Waals surface area (Å²) >= 11 is 3.27. The molecular formula is C14H19BrN2O3S. The van der Waals surface area contributed by atoms with Gasteiger partial charge in [-0.3, -0.25) is 4.79 Å². The maximum absolute atomic E-state index is 12.3. The Morgan fingerprint density at radius 3 is 2.52 bits per heavy atom. The van der Waals surface area contributed by atoms with E-state index in [0.29, 0.717) is 16.9 Å². The quantitative estimate of drug-likeness (QED) is 0.827. The lowest BCUT2D eigenvalue weighted by Crippen LogP contribution is -2.33. The molecule has 7 heteroatoms. The number of carbonyl (C=O) groups excluding carboxylic acids is 1. The molecule has 2 rings (SSSR count). The average molecular weight is 375 g/mol. The van der Waals surface area contributed by atoms with Crippen LogP contribution in [-0.2, 0) is 10.0 Å². The van der Waals surface area contributed by atoms with E-state index in [0.717, 1.165) is 12.8 Å². The van der Waals surface area contributed by atoms with Gasteiger partial charge in [0.05, 0.1) is 10.5 Å². The van der Waals surface area contributed by atoms with Crippen molar-refractivity contribution in [3.63, 3.8) is 0 Å². The van der Waals surface area contributed by atoms with Crippen molar-refractivity contribution in [2.45, 2.75) is 31.6 Å². The van der Waals surface area contributed by atoms with Crippen LogP contribution in [0.15, 0.2) is 27.6 Å². The molecule has 0 spiro atoms. The van der Waals surface area contributed by atoms with Crippen LogP contribution in [-0.4, -0.2) is 20.9 Å². The fourth-order valence-corrected chi connectivity index (χ4v) is 3.29. The third-order valence-electron chi connectivity index (χ3n) is 4.23. The molecule has 1 aliphatic rings. The summed E-state index contributed by atoms with van der Waals surface area (Å²) in [5.41, 5.74) is 0.473. The van der Waals surface area contributed by atoms with Gasteiger partial charge in [-0.1, -0.05) is 13.8 Å². The lowest BCUT2D eigenvalue weighted by molar-refractivity contribution is 0.0939. The summed E-state index contributed by atoms with van der Waals surface area (Å²) in [7, 11) is -3.82. The first-order valence-electron chi connectivity index (χ1n) is 6.76. The largest absolute Gasteiger partial charge is 0.351 e. The van der Waals surface area contributed by atoms with E-state index in [1.165, 1.54) is 18.2 Å². The van der Waals surface area contributed by atoms with Gasteiger partial charge in [0.15, 0.2) is 0 Å². The van der Waals surface area contributed by atoms with Crippen LogP contribution < -0.4 is 10.5 Å². The maximum atomic E-state index is 12.3. The van der Waals surface area contributed by atoms with E-state index in [1.807, 2.05) is 0 Å². The second kappa shape index (κ2) is 5.70. The molecule has 0 bridgehead atoms. The normalized spacial score (nSPS) is 16.8. The number of halogens is 1. The Labute approximate surface area is 133 Å². The highest BCUT2D eigenvalue weighted by atomic mass is 79.9.